The Hall–Kier alpha value is -3.78. The lowest BCUT2D eigenvalue weighted by Gasteiger charge is -2.40. The topological polar surface area (TPSA) is 290 Å². The number of ether oxygens (including phenoxy) is 1. The van der Waals surface area contributed by atoms with Crippen molar-refractivity contribution in [3.05, 3.63) is 35.0 Å². The molecule has 0 aromatic carbocycles. The summed E-state index contributed by atoms with van der Waals surface area (Å²) in [4.78, 5) is 59.2. The van der Waals surface area contributed by atoms with Crippen molar-refractivity contribution in [2.45, 2.75) is 103 Å². The molecule has 2 unspecified atom stereocenters. The molecular weight excluding hydrogens is 806 g/mol. The van der Waals surface area contributed by atoms with Crippen molar-refractivity contribution < 1.29 is 51.2 Å². The lowest BCUT2D eigenvalue weighted by atomic mass is 10.1. The van der Waals surface area contributed by atoms with Crippen molar-refractivity contribution in [2.24, 2.45) is 5.92 Å². The number of phosphoric ester groups is 1. The number of anilines is 1. The van der Waals surface area contributed by atoms with E-state index in [0.29, 0.717) is 17.0 Å². The molecule has 5 rings (SSSR count). The summed E-state index contributed by atoms with van der Waals surface area (Å²) in [5.41, 5.74) is 0.136. The van der Waals surface area contributed by atoms with Gasteiger partial charge in [-0.1, -0.05) is 34.6 Å². The van der Waals surface area contributed by atoms with Gasteiger partial charge >= 0.3 is 16.1 Å². The van der Waals surface area contributed by atoms with E-state index in [1.807, 2.05) is 39.9 Å². The van der Waals surface area contributed by atoms with Gasteiger partial charge in [0.15, 0.2) is 31.4 Å². The number of aliphatic hydroxyl groups excluding tert-OH is 1. The second kappa shape index (κ2) is 18.4. The molecule has 0 spiro atoms. The first kappa shape index (κ1) is 44.3. The van der Waals surface area contributed by atoms with Gasteiger partial charge in [0, 0.05) is 12.5 Å². The third-order valence-electron chi connectivity index (χ3n) is 9.50. The van der Waals surface area contributed by atoms with Crippen LogP contribution >= 0.6 is 16.1 Å². The Morgan fingerprint density at radius 3 is 2.58 bits per heavy atom. The molecule has 6 atom stereocenters. The number of nitrogens with zero attached hydrogens (tertiary/aromatic N) is 8. The first-order valence-corrected chi connectivity index (χ1v) is 23.7. The Morgan fingerprint density at radius 2 is 1.91 bits per heavy atom. The van der Waals surface area contributed by atoms with Crippen LogP contribution in [-0.2, 0) is 54.3 Å². The molecule has 4 aromatic heterocycles. The van der Waals surface area contributed by atoms with Crippen LogP contribution in [0.3, 0.4) is 0 Å². The van der Waals surface area contributed by atoms with E-state index in [0.717, 1.165) is 0 Å². The maximum absolute atomic E-state index is 14.1. The third kappa shape index (κ3) is 10.5. The van der Waals surface area contributed by atoms with Crippen LogP contribution < -0.4 is 10.9 Å². The van der Waals surface area contributed by atoms with Crippen LogP contribution in [0.4, 0.5) is 5.95 Å². The monoisotopic (exact) mass is 854 g/mol. The Morgan fingerprint density at radius 1 is 1.18 bits per heavy atom. The summed E-state index contributed by atoms with van der Waals surface area (Å²) in [5, 5.41) is 21.2. The van der Waals surface area contributed by atoms with Crippen molar-refractivity contribution in [1.82, 2.24) is 39.0 Å². The lowest BCUT2D eigenvalue weighted by Crippen LogP contribution is -2.50. The van der Waals surface area contributed by atoms with Gasteiger partial charge in [-0.15, -0.1) is 0 Å². The highest BCUT2D eigenvalue weighted by Crippen LogP contribution is 2.51. The van der Waals surface area contributed by atoms with Gasteiger partial charge in [0.05, 0.1) is 44.8 Å². The predicted octanol–water partition coefficient (Wildman–Crippen LogP) is 3.56. The standard InChI is InChI=1S/C32H48N10O12P2Si/c1-19(2)28(44)39-31-38-27-23(29(45)40-31)36-18-42(27)30-25(53-55(46)47)24(54-57(6,7)32(3,4)5)21(52-30)16-51-56(48,49-12-8-10-33)50-13-9-11-41-22(15-43)37-20-14-34-17-35-26(20)41/h14,17-19,21,24-25,30,43,55H,8-9,11-13,15-16H2,1-7H3,(H,46,47)(H2,38,39,40,44,45)/t21-,24-,25-,30-,56?/m1/s1. The molecule has 5 heterocycles. The summed E-state index contributed by atoms with van der Waals surface area (Å²) in [6.07, 6.45) is -0.697. The molecule has 0 radical (unpaired) electrons. The zero-order valence-corrected chi connectivity index (χ0v) is 35.5. The van der Waals surface area contributed by atoms with E-state index in [9.17, 15) is 28.7 Å². The molecule has 1 amide bonds. The Balaban J connectivity index is 1.44. The minimum atomic E-state index is -4.42. The minimum Gasteiger partial charge on any atom is -0.408 e. The van der Waals surface area contributed by atoms with Crippen molar-refractivity contribution >= 4 is 58.6 Å². The molecule has 0 bridgehead atoms. The lowest BCUT2D eigenvalue weighted by molar-refractivity contribution is -0.118. The van der Waals surface area contributed by atoms with Crippen molar-refractivity contribution in [2.75, 3.05) is 25.1 Å². The summed E-state index contributed by atoms with van der Waals surface area (Å²) >= 11 is 0. The molecule has 0 saturated carbocycles. The molecule has 1 saturated heterocycles. The number of amides is 1. The number of nitrogens with one attached hydrogen (secondary N) is 2. The van der Waals surface area contributed by atoms with Crippen molar-refractivity contribution in [3.63, 3.8) is 0 Å². The maximum Gasteiger partial charge on any atom is 0.474 e. The number of rotatable bonds is 19. The van der Waals surface area contributed by atoms with E-state index in [2.05, 4.69) is 35.2 Å². The van der Waals surface area contributed by atoms with Crippen LogP contribution in [0.2, 0.25) is 18.1 Å². The van der Waals surface area contributed by atoms with E-state index in [1.165, 1.54) is 23.4 Å². The zero-order valence-electron chi connectivity index (χ0n) is 32.6. The van der Waals surface area contributed by atoms with Gasteiger partial charge in [0.25, 0.3) is 5.56 Å². The fourth-order valence-corrected chi connectivity index (χ4v) is 8.58. The Labute approximate surface area is 328 Å². The van der Waals surface area contributed by atoms with Gasteiger partial charge in [-0.05, 0) is 24.6 Å². The molecule has 22 nitrogen and oxygen atoms in total. The second-order valence-corrected chi connectivity index (χ2v) is 22.1. The number of fused-ring (bicyclic) bond motifs is 2. The highest BCUT2D eigenvalue weighted by Gasteiger charge is 2.53. The largest absolute Gasteiger partial charge is 0.474 e. The van der Waals surface area contributed by atoms with E-state index in [4.69, 9.17) is 32.5 Å². The summed E-state index contributed by atoms with van der Waals surface area (Å²) < 4.78 is 65.3. The van der Waals surface area contributed by atoms with Crippen LogP contribution in [0.1, 0.15) is 59.5 Å². The number of carbonyl (C=O) groups is 1. The molecule has 25 heteroatoms. The van der Waals surface area contributed by atoms with Gasteiger partial charge in [0.1, 0.15) is 42.6 Å². The highest BCUT2D eigenvalue weighted by atomic mass is 31.2. The molecular formula is C32H48N10O12P2Si. The van der Waals surface area contributed by atoms with Crippen molar-refractivity contribution in [3.8, 4) is 6.07 Å². The number of phosphoric acid groups is 1. The molecule has 57 heavy (non-hydrogen) atoms. The number of hydrogen-bond donors (Lipinski definition) is 4. The summed E-state index contributed by atoms with van der Waals surface area (Å²) in [6.45, 7) is 12.1. The first-order chi connectivity index (χ1) is 26.9. The average Bonchev–Trinajstić information content (AvgIpc) is 3.82. The van der Waals surface area contributed by atoms with E-state index in [-0.39, 0.29) is 61.4 Å². The van der Waals surface area contributed by atoms with Crippen LogP contribution in [0.5, 0.6) is 0 Å². The summed E-state index contributed by atoms with van der Waals surface area (Å²) in [5.74, 6) is -0.662. The van der Waals surface area contributed by atoms with Crippen LogP contribution in [-0.4, -0.2) is 101 Å². The number of aromatic nitrogens is 8. The Kier molecular flexibility index (Phi) is 14.3. The van der Waals surface area contributed by atoms with E-state index in [1.54, 1.807) is 18.4 Å². The van der Waals surface area contributed by atoms with E-state index >= 15 is 0 Å². The van der Waals surface area contributed by atoms with Crippen LogP contribution in [0.15, 0.2) is 23.6 Å². The first-order valence-electron chi connectivity index (χ1n) is 18.0. The van der Waals surface area contributed by atoms with E-state index < -0.39 is 72.9 Å². The number of H-pyrrole nitrogens is 1. The predicted molar refractivity (Wildman–Crippen MR) is 205 cm³/mol. The number of carbonyl (C=O) groups excluding carboxylic acids is 1. The third-order valence-corrected chi connectivity index (χ3v) is 15.9. The molecule has 1 fully saturated rings. The summed E-state index contributed by atoms with van der Waals surface area (Å²) in [7, 11) is -10.8. The van der Waals surface area contributed by atoms with Gasteiger partial charge in [-0.25, -0.2) is 24.5 Å². The van der Waals surface area contributed by atoms with Crippen LogP contribution in [0.25, 0.3) is 22.3 Å². The maximum atomic E-state index is 14.1. The number of aromatic amines is 1. The molecule has 312 valence electrons. The molecule has 0 aliphatic carbocycles. The fraction of sp³-hybridized carbons (Fsp3) is 0.625. The van der Waals surface area contributed by atoms with Crippen molar-refractivity contribution in [1.29, 1.82) is 5.26 Å². The average molecular weight is 855 g/mol. The molecule has 4 aromatic rings. The molecule has 1 aliphatic rings. The van der Waals surface area contributed by atoms with Gasteiger partial charge in [-0.3, -0.25) is 47.1 Å². The molecule has 1 aliphatic heterocycles. The second-order valence-electron chi connectivity index (χ2n) is 14.9. The van der Waals surface area contributed by atoms with Gasteiger partial charge in [-0.2, -0.15) is 10.2 Å². The zero-order chi connectivity index (χ0) is 41.7. The summed E-state index contributed by atoms with van der Waals surface area (Å²) in [6, 6.07) is 1.91. The van der Waals surface area contributed by atoms with Crippen LogP contribution in [0, 0.1) is 17.2 Å². The minimum absolute atomic E-state index is 0.0445. The number of imidazole rings is 2. The normalized spacial score (nSPS) is 20.6. The molecule has 4 N–H and O–H groups in total. The quantitative estimate of drug-likeness (QED) is 0.0595. The Bertz CT molecular complexity index is 2220. The number of nitriles is 1. The highest BCUT2D eigenvalue weighted by molar-refractivity contribution is 7.48. The van der Waals surface area contributed by atoms with Gasteiger partial charge < -0.3 is 23.7 Å². The number of hydrogen-bond acceptors (Lipinski definition) is 17. The smallest absolute Gasteiger partial charge is 0.408 e. The SMILES string of the molecule is CC(C)C(=O)Nc1nc2c(ncn2[C@@H]2O[C@H](COP(=O)(OCCC#N)OCCCn3c(CO)nc4cncnc43)[C@@H](O[Si](C)(C)C(C)(C)C)[C@H]2O[PH](=O)O)c(=O)[nH]1. The number of aryl methyl sites for hydroxylation is 1. The van der Waals surface area contributed by atoms with Gasteiger partial charge in [0.2, 0.25) is 11.9 Å². The fourth-order valence-electron chi connectivity index (χ4n) is 5.56. The number of aliphatic hydroxyl groups is 1.